The normalized spacial score (nSPS) is 10.8. The van der Waals surface area contributed by atoms with Crippen molar-refractivity contribution in [3.63, 3.8) is 0 Å². The molecule has 8 heteroatoms. The lowest BCUT2D eigenvalue weighted by Crippen LogP contribution is -2.31. The van der Waals surface area contributed by atoms with Gasteiger partial charge in [-0.3, -0.25) is 14.7 Å². The minimum atomic E-state index is -0.0179. The lowest BCUT2D eigenvalue weighted by atomic mass is 10.2. The summed E-state index contributed by atoms with van der Waals surface area (Å²) in [5, 5.41) is 0.650. The molecule has 0 saturated heterocycles. The van der Waals surface area contributed by atoms with Crippen LogP contribution in [0.4, 0.5) is 5.13 Å². The first-order valence-electron chi connectivity index (χ1n) is 9.57. The van der Waals surface area contributed by atoms with E-state index < -0.39 is 0 Å². The van der Waals surface area contributed by atoms with Crippen molar-refractivity contribution < 1.29 is 14.3 Å². The van der Waals surface area contributed by atoms with Gasteiger partial charge < -0.3 is 9.47 Å². The third kappa shape index (κ3) is 4.98. The monoisotopic (exact) mass is 451 g/mol. The van der Waals surface area contributed by atoms with Gasteiger partial charge >= 0.3 is 0 Å². The molecule has 2 aromatic carbocycles. The molecular weight excluding hydrogens is 430 g/mol. The largest absolute Gasteiger partial charge is 0.497 e. The Kier molecular flexibility index (Phi) is 6.69. The Morgan fingerprint density at radius 3 is 2.52 bits per heavy atom. The van der Waals surface area contributed by atoms with Crippen LogP contribution in [-0.2, 0) is 11.3 Å². The molecule has 0 spiro atoms. The van der Waals surface area contributed by atoms with Crippen molar-refractivity contribution in [2.45, 2.75) is 11.4 Å². The maximum atomic E-state index is 13.3. The lowest BCUT2D eigenvalue weighted by Gasteiger charge is -2.20. The zero-order valence-corrected chi connectivity index (χ0v) is 18.8. The van der Waals surface area contributed by atoms with Gasteiger partial charge in [0.2, 0.25) is 5.91 Å². The number of pyridine rings is 1. The number of methoxy groups -OCH3 is 2. The van der Waals surface area contributed by atoms with E-state index in [4.69, 9.17) is 14.5 Å². The molecule has 0 unspecified atom stereocenters. The molecule has 0 N–H and O–H groups in total. The van der Waals surface area contributed by atoms with Crippen LogP contribution in [0.3, 0.4) is 0 Å². The molecule has 6 nitrogen and oxygen atoms in total. The second-order valence-corrected chi connectivity index (χ2v) is 8.66. The SMILES string of the molecule is COc1ccc(SCC(=O)N(Cc2ccncc2)c2nc3c(OC)cccc3s2)cc1. The van der Waals surface area contributed by atoms with Gasteiger partial charge in [-0.1, -0.05) is 17.4 Å². The number of hydrogen-bond donors (Lipinski definition) is 0. The number of fused-ring (bicyclic) bond motifs is 1. The number of aromatic nitrogens is 2. The summed E-state index contributed by atoms with van der Waals surface area (Å²) >= 11 is 2.97. The molecule has 0 atom stereocenters. The van der Waals surface area contributed by atoms with Gasteiger partial charge in [0.15, 0.2) is 5.13 Å². The van der Waals surface area contributed by atoms with E-state index in [1.807, 2.05) is 54.6 Å². The number of thioether (sulfide) groups is 1. The number of rotatable bonds is 8. The van der Waals surface area contributed by atoms with Crippen LogP contribution in [-0.4, -0.2) is 35.8 Å². The fourth-order valence-electron chi connectivity index (χ4n) is 3.02. The van der Waals surface area contributed by atoms with Crippen molar-refractivity contribution in [1.29, 1.82) is 0 Å². The Balaban J connectivity index is 1.59. The van der Waals surface area contributed by atoms with Crippen LogP contribution < -0.4 is 14.4 Å². The van der Waals surface area contributed by atoms with Gasteiger partial charge in [0.25, 0.3) is 0 Å². The summed E-state index contributed by atoms with van der Waals surface area (Å²) in [6, 6.07) is 17.3. The molecule has 0 saturated carbocycles. The summed E-state index contributed by atoms with van der Waals surface area (Å²) in [6.07, 6.45) is 3.46. The minimum Gasteiger partial charge on any atom is -0.497 e. The van der Waals surface area contributed by atoms with Gasteiger partial charge in [0.1, 0.15) is 17.0 Å². The molecule has 0 aliphatic carbocycles. The predicted octanol–water partition coefficient (Wildman–Crippen LogP) is 5.03. The van der Waals surface area contributed by atoms with E-state index in [-0.39, 0.29) is 5.91 Å². The molecule has 4 rings (SSSR count). The lowest BCUT2D eigenvalue weighted by molar-refractivity contribution is -0.116. The van der Waals surface area contributed by atoms with E-state index in [1.165, 1.54) is 23.1 Å². The molecule has 1 amide bonds. The highest BCUT2D eigenvalue weighted by Crippen LogP contribution is 2.35. The topological polar surface area (TPSA) is 64.5 Å². The number of benzene rings is 2. The van der Waals surface area contributed by atoms with Gasteiger partial charge in [-0.05, 0) is 54.1 Å². The van der Waals surface area contributed by atoms with Crippen LogP contribution in [0, 0.1) is 0 Å². The van der Waals surface area contributed by atoms with Crippen molar-refractivity contribution in [2.75, 3.05) is 24.9 Å². The zero-order valence-electron chi connectivity index (χ0n) is 17.1. The Labute approximate surface area is 188 Å². The van der Waals surface area contributed by atoms with Crippen LogP contribution in [0.25, 0.3) is 10.2 Å². The number of ether oxygens (including phenoxy) is 2. The number of para-hydroxylation sites is 1. The number of anilines is 1. The molecule has 0 bridgehead atoms. The van der Waals surface area contributed by atoms with Gasteiger partial charge in [0.05, 0.1) is 31.2 Å². The highest BCUT2D eigenvalue weighted by Gasteiger charge is 2.21. The number of nitrogens with zero attached hydrogens (tertiary/aromatic N) is 3. The van der Waals surface area contributed by atoms with Crippen LogP contribution in [0.5, 0.6) is 11.5 Å². The van der Waals surface area contributed by atoms with Crippen molar-refractivity contribution in [3.05, 3.63) is 72.6 Å². The van der Waals surface area contributed by atoms with Crippen LogP contribution in [0.15, 0.2) is 71.9 Å². The second-order valence-electron chi connectivity index (χ2n) is 6.60. The zero-order chi connectivity index (χ0) is 21.6. The summed E-state index contributed by atoms with van der Waals surface area (Å²) in [5.41, 5.74) is 1.75. The standard InChI is InChI=1S/C23H21N3O3S2/c1-28-17-6-8-18(9-7-17)30-15-21(27)26(14-16-10-12-24-13-11-16)23-25-22-19(29-2)4-3-5-20(22)31-23/h3-13H,14-15H2,1-2H3. The summed E-state index contributed by atoms with van der Waals surface area (Å²) < 4.78 is 11.6. The smallest absolute Gasteiger partial charge is 0.239 e. The predicted molar refractivity (Wildman–Crippen MR) is 125 cm³/mol. The highest BCUT2D eigenvalue weighted by atomic mass is 32.2. The van der Waals surface area contributed by atoms with E-state index in [1.54, 1.807) is 31.5 Å². The fourth-order valence-corrected chi connectivity index (χ4v) is 4.79. The average molecular weight is 452 g/mol. The molecule has 0 fully saturated rings. The first kappa shape index (κ1) is 21.1. The molecule has 4 aromatic rings. The Hall–Kier alpha value is -3.10. The van der Waals surface area contributed by atoms with Gasteiger partial charge in [-0.25, -0.2) is 4.98 Å². The first-order valence-corrected chi connectivity index (χ1v) is 11.4. The average Bonchev–Trinajstić information content (AvgIpc) is 3.26. The number of amides is 1. The second kappa shape index (κ2) is 9.80. The number of thiazole rings is 1. The maximum Gasteiger partial charge on any atom is 0.239 e. The number of carbonyl (C=O) groups excluding carboxylic acids is 1. The Morgan fingerprint density at radius 2 is 1.81 bits per heavy atom. The molecule has 2 heterocycles. The summed E-state index contributed by atoms with van der Waals surface area (Å²) in [4.78, 5) is 24.8. The van der Waals surface area contributed by atoms with E-state index in [0.29, 0.717) is 23.2 Å². The summed E-state index contributed by atoms with van der Waals surface area (Å²) in [5.74, 6) is 1.77. The van der Waals surface area contributed by atoms with Gasteiger partial charge in [-0.15, -0.1) is 11.8 Å². The number of hydrogen-bond acceptors (Lipinski definition) is 7. The Bertz CT molecular complexity index is 1160. The molecule has 0 radical (unpaired) electrons. The van der Waals surface area contributed by atoms with E-state index in [9.17, 15) is 4.79 Å². The fraction of sp³-hybridized carbons (Fsp3) is 0.174. The maximum absolute atomic E-state index is 13.3. The van der Waals surface area contributed by atoms with Crippen LogP contribution in [0.1, 0.15) is 5.56 Å². The Morgan fingerprint density at radius 1 is 1.03 bits per heavy atom. The minimum absolute atomic E-state index is 0.0179. The van der Waals surface area contributed by atoms with Gasteiger partial charge in [0, 0.05) is 17.3 Å². The molecule has 2 aromatic heterocycles. The molecule has 0 aliphatic heterocycles. The van der Waals surface area contributed by atoms with Crippen molar-refractivity contribution in [1.82, 2.24) is 9.97 Å². The van der Waals surface area contributed by atoms with E-state index >= 15 is 0 Å². The molecule has 0 aliphatic rings. The summed E-state index contributed by atoms with van der Waals surface area (Å²) in [6.45, 7) is 0.423. The van der Waals surface area contributed by atoms with Crippen LogP contribution >= 0.6 is 23.1 Å². The first-order chi connectivity index (χ1) is 15.2. The molecular formula is C23H21N3O3S2. The highest BCUT2D eigenvalue weighted by molar-refractivity contribution is 8.00. The third-order valence-electron chi connectivity index (χ3n) is 4.63. The third-order valence-corrected chi connectivity index (χ3v) is 6.67. The van der Waals surface area contributed by atoms with E-state index in [2.05, 4.69) is 4.98 Å². The van der Waals surface area contributed by atoms with Crippen molar-refractivity contribution in [2.24, 2.45) is 0 Å². The quantitative estimate of drug-likeness (QED) is 0.350. The summed E-state index contributed by atoms with van der Waals surface area (Å²) in [7, 11) is 3.26. The van der Waals surface area contributed by atoms with Crippen molar-refractivity contribution >= 4 is 44.4 Å². The van der Waals surface area contributed by atoms with E-state index in [0.717, 1.165) is 26.4 Å². The molecule has 31 heavy (non-hydrogen) atoms. The number of carbonyl (C=O) groups is 1. The van der Waals surface area contributed by atoms with Crippen molar-refractivity contribution in [3.8, 4) is 11.5 Å². The molecule has 158 valence electrons. The van der Waals surface area contributed by atoms with Crippen LogP contribution in [0.2, 0.25) is 0 Å². The van der Waals surface area contributed by atoms with Gasteiger partial charge in [-0.2, -0.15) is 0 Å².